The molecule has 1 atom stereocenters. The number of aliphatic imine (C=N–C) groups is 1. The van der Waals surface area contributed by atoms with Gasteiger partial charge in [0, 0.05) is 38.9 Å². The lowest BCUT2D eigenvalue weighted by atomic mass is 9.98. The van der Waals surface area contributed by atoms with Crippen molar-refractivity contribution in [3.8, 4) is 0 Å². The standard InChI is InChI=1S/C22H35N5O2.HI/c1-3-23-22(27-14-8-9-19(17-27)21(28)29-4-2)25-16-18-10-11-24-20(15-18)26-12-6-5-7-13-26;/h10-11,15,19H,3-9,12-14,16-17H2,1-2H3,(H,23,25);1H. The normalized spacial score (nSPS) is 19.8. The number of hydrogen-bond donors (Lipinski definition) is 1. The number of ether oxygens (including phenoxy) is 1. The second-order valence-electron chi connectivity index (χ2n) is 7.78. The van der Waals surface area contributed by atoms with Gasteiger partial charge in [-0.3, -0.25) is 4.79 Å². The Labute approximate surface area is 197 Å². The fourth-order valence-electron chi connectivity index (χ4n) is 4.07. The summed E-state index contributed by atoms with van der Waals surface area (Å²) in [5, 5.41) is 3.39. The Kier molecular flexibility index (Phi) is 10.7. The SMILES string of the molecule is CCNC(=NCc1ccnc(N2CCCCC2)c1)N1CCCC(C(=O)OCC)C1.I. The maximum absolute atomic E-state index is 12.2. The third-order valence-corrected chi connectivity index (χ3v) is 5.58. The summed E-state index contributed by atoms with van der Waals surface area (Å²) in [6.45, 7) is 9.53. The number of halogens is 1. The average Bonchev–Trinajstić information content (AvgIpc) is 2.78. The molecule has 0 spiro atoms. The number of carbonyl (C=O) groups is 1. The minimum Gasteiger partial charge on any atom is -0.466 e. The molecular formula is C22H36IN5O2. The fourth-order valence-corrected chi connectivity index (χ4v) is 4.07. The Morgan fingerprint density at radius 2 is 2.03 bits per heavy atom. The van der Waals surface area contributed by atoms with Crippen LogP contribution in [0.3, 0.4) is 0 Å². The summed E-state index contributed by atoms with van der Waals surface area (Å²) in [6, 6.07) is 4.20. The van der Waals surface area contributed by atoms with Crippen molar-refractivity contribution >= 4 is 41.7 Å². The summed E-state index contributed by atoms with van der Waals surface area (Å²) in [5.41, 5.74) is 1.16. The lowest BCUT2D eigenvalue weighted by Gasteiger charge is -2.34. The molecule has 0 saturated carbocycles. The Morgan fingerprint density at radius 1 is 1.23 bits per heavy atom. The molecule has 3 heterocycles. The molecule has 7 nitrogen and oxygen atoms in total. The van der Waals surface area contributed by atoms with Gasteiger partial charge in [0.2, 0.25) is 0 Å². The van der Waals surface area contributed by atoms with Crippen molar-refractivity contribution in [2.45, 2.75) is 52.5 Å². The van der Waals surface area contributed by atoms with Crippen LogP contribution >= 0.6 is 24.0 Å². The van der Waals surface area contributed by atoms with E-state index in [0.717, 1.165) is 56.4 Å². The van der Waals surface area contributed by atoms with Gasteiger partial charge in [-0.25, -0.2) is 9.98 Å². The number of nitrogens with zero attached hydrogens (tertiary/aromatic N) is 4. The second-order valence-corrected chi connectivity index (χ2v) is 7.78. The Hall–Kier alpha value is -1.58. The molecule has 2 saturated heterocycles. The molecule has 1 aromatic heterocycles. The highest BCUT2D eigenvalue weighted by Crippen LogP contribution is 2.20. The van der Waals surface area contributed by atoms with E-state index in [1.54, 1.807) is 0 Å². The molecule has 8 heteroatoms. The second kappa shape index (κ2) is 13.0. The average molecular weight is 529 g/mol. The van der Waals surface area contributed by atoms with E-state index in [1.807, 2.05) is 19.2 Å². The van der Waals surface area contributed by atoms with Gasteiger partial charge in [0.1, 0.15) is 5.82 Å². The number of pyridine rings is 1. The van der Waals surface area contributed by atoms with Crippen LogP contribution in [-0.2, 0) is 16.1 Å². The summed E-state index contributed by atoms with van der Waals surface area (Å²) >= 11 is 0. The van der Waals surface area contributed by atoms with E-state index in [9.17, 15) is 4.79 Å². The highest BCUT2D eigenvalue weighted by molar-refractivity contribution is 14.0. The third kappa shape index (κ3) is 6.99. The molecule has 1 unspecified atom stereocenters. The van der Waals surface area contributed by atoms with Gasteiger partial charge in [-0.15, -0.1) is 24.0 Å². The van der Waals surface area contributed by atoms with Gasteiger partial charge in [-0.2, -0.15) is 0 Å². The van der Waals surface area contributed by atoms with E-state index in [-0.39, 0.29) is 35.9 Å². The van der Waals surface area contributed by atoms with Gasteiger partial charge in [0.25, 0.3) is 0 Å². The molecule has 168 valence electrons. The van der Waals surface area contributed by atoms with Crippen LogP contribution in [0.4, 0.5) is 5.82 Å². The zero-order chi connectivity index (χ0) is 20.5. The predicted octanol–water partition coefficient (Wildman–Crippen LogP) is 3.43. The van der Waals surface area contributed by atoms with Gasteiger partial charge >= 0.3 is 5.97 Å². The number of piperidine rings is 2. The summed E-state index contributed by atoms with van der Waals surface area (Å²) < 4.78 is 5.23. The number of carbonyl (C=O) groups excluding carboxylic acids is 1. The minimum atomic E-state index is -0.0895. The summed E-state index contributed by atoms with van der Waals surface area (Å²) in [7, 11) is 0. The first kappa shape index (κ1) is 24.7. The zero-order valence-electron chi connectivity index (χ0n) is 18.3. The van der Waals surface area contributed by atoms with Crippen LogP contribution in [0.2, 0.25) is 0 Å². The van der Waals surface area contributed by atoms with Crippen LogP contribution < -0.4 is 10.2 Å². The van der Waals surface area contributed by atoms with Crippen LogP contribution in [0.15, 0.2) is 23.3 Å². The van der Waals surface area contributed by atoms with Crippen LogP contribution in [0.1, 0.15) is 51.5 Å². The van der Waals surface area contributed by atoms with Crippen molar-refractivity contribution in [2.24, 2.45) is 10.9 Å². The number of hydrogen-bond acceptors (Lipinski definition) is 5. The molecule has 0 radical (unpaired) electrons. The fraction of sp³-hybridized carbons (Fsp3) is 0.682. The Morgan fingerprint density at radius 3 is 2.77 bits per heavy atom. The van der Waals surface area contributed by atoms with Crippen molar-refractivity contribution < 1.29 is 9.53 Å². The van der Waals surface area contributed by atoms with Crippen LogP contribution in [0.25, 0.3) is 0 Å². The number of likely N-dealkylation sites (tertiary alicyclic amines) is 1. The number of anilines is 1. The smallest absolute Gasteiger partial charge is 0.310 e. The molecule has 1 N–H and O–H groups in total. The molecule has 3 rings (SSSR count). The van der Waals surface area contributed by atoms with E-state index in [4.69, 9.17) is 9.73 Å². The molecular weight excluding hydrogens is 493 g/mol. The van der Waals surface area contributed by atoms with Crippen LogP contribution in [0.5, 0.6) is 0 Å². The molecule has 1 aromatic rings. The minimum absolute atomic E-state index is 0. The quantitative estimate of drug-likeness (QED) is 0.264. The largest absolute Gasteiger partial charge is 0.466 e. The number of guanidine groups is 1. The maximum Gasteiger partial charge on any atom is 0.310 e. The van der Waals surface area contributed by atoms with E-state index < -0.39 is 0 Å². The Bertz CT molecular complexity index is 694. The third-order valence-electron chi connectivity index (χ3n) is 5.58. The number of rotatable bonds is 6. The van der Waals surface area contributed by atoms with E-state index in [2.05, 4.69) is 33.1 Å². The molecule has 0 aromatic carbocycles. The predicted molar refractivity (Wildman–Crippen MR) is 131 cm³/mol. The Balaban J connectivity index is 0.00000320. The summed E-state index contributed by atoms with van der Waals surface area (Å²) in [4.78, 5) is 26.2. The van der Waals surface area contributed by atoms with E-state index >= 15 is 0 Å². The topological polar surface area (TPSA) is 70.1 Å². The first-order chi connectivity index (χ1) is 14.2. The highest BCUT2D eigenvalue weighted by atomic mass is 127. The zero-order valence-corrected chi connectivity index (χ0v) is 20.6. The lowest BCUT2D eigenvalue weighted by molar-refractivity contribution is -0.149. The first-order valence-electron chi connectivity index (χ1n) is 11.1. The van der Waals surface area contributed by atoms with Crippen molar-refractivity contribution in [3.63, 3.8) is 0 Å². The van der Waals surface area contributed by atoms with Gasteiger partial charge in [-0.05, 0) is 63.6 Å². The van der Waals surface area contributed by atoms with Crippen molar-refractivity contribution in [2.75, 3.05) is 44.2 Å². The first-order valence-corrected chi connectivity index (χ1v) is 11.1. The lowest BCUT2D eigenvalue weighted by Crippen LogP contribution is -2.48. The number of aromatic nitrogens is 1. The molecule has 0 aliphatic carbocycles. The van der Waals surface area contributed by atoms with Gasteiger partial charge in [-0.1, -0.05) is 0 Å². The monoisotopic (exact) mass is 529 g/mol. The van der Waals surface area contributed by atoms with Gasteiger partial charge < -0.3 is 19.9 Å². The van der Waals surface area contributed by atoms with E-state index in [1.165, 1.54) is 19.3 Å². The molecule has 2 aliphatic rings. The van der Waals surface area contributed by atoms with Gasteiger partial charge in [0.15, 0.2) is 5.96 Å². The molecule has 2 aliphatic heterocycles. The maximum atomic E-state index is 12.2. The van der Waals surface area contributed by atoms with Crippen molar-refractivity contribution in [1.82, 2.24) is 15.2 Å². The van der Waals surface area contributed by atoms with Crippen LogP contribution in [0, 0.1) is 5.92 Å². The number of nitrogens with one attached hydrogen (secondary N) is 1. The van der Waals surface area contributed by atoms with E-state index in [0.29, 0.717) is 19.7 Å². The summed E-state index contributed by atoms with van der Waals surface area (Å²) in [5.74, 6) is 1.77. The number of esters is 1. The van der Waals surface area contributed by atoms with Crippen LogP contribution in [-0.4, -0.2) is 61.1 Å². The summed E-state index contributed by atoms with van der Waals surface area (Å²) in [6.07, 6.45) is 7.55. The molecule has 2 fully saturated rings. The van der Waals surface area contributed by atoms with Gasteiger partial charge in [0.05, 0.1) is 19.1 Å². The van der Waals surface area contributed by atoms with Crippen molar-refractivity contribution in [1.29, 1.82) is 0 Å². The molecule has 0 amide bonds. The van der Waals surface area contributed by atoms with Crippen molar-refractivity contribution in [3.05, 3.63) is 23.9 Å². The highest BCUT2D eigenvalue weighted by Gasteiger charge is 2.28. The molecule has 0 bridgehead atoms. The molecule has 30 heavy (non-hydrogen) atoms.